The Labute approximate surface area is 159 Å². The molecule has 2 aromatic carbocycles. The van der Waals surface area contributed by atoms with Crippen LogP contribution in [0.4, 0.5) is 11.5 Å². The number of hydrogen-bond acceptors (Lipinski definition) is 4. The van der Waals surface area contributed by atoms with Gasteiger partial charge < -0.3 is 16.8 Å². The van der Waals surface area contributed by atoms with Crippen LogP contribution in [0.15, 0.2) is 54.6 Å². The van der Waals surface area contributed by atoms with Gasteiger partial charge in [0.05, 0.1) is 22.6 Å². The summed E-state index contributed by atoms with van der Waals surface area (Å²) in [6, 6.07) is 17.1. The standard InChI is InChI=1S/C21H25N5O/c1-21(2,3)18-12-19(24-17-10-5-4-9-16(17)20(23)27)26(25-18)15-8-6-7-14(11-15)13-22/h4-12,24H,13,22H2,1-3H3,(H2,23,27). The lowest BCUT2D eigenvalue weighted by atomic mass is 9.92. The average Bonchev–Trinajstić information content (AvgIpc) is 3.06. The van der Waals surface area contributed by atoms with Crippen molar-refractivity contribution in [3.8, 4) is 5.69 Å². The lowest BCUT2D eigenvalue weighted by Gasteiger charge is -2.14. The minimum absolute atomic E-state index is 0.129. The number of anilines is 2. The summed E-state index contributed by atoms with van der Waals surface area (Å²) in [5.41, 5.74) is 15.1. The fourth-order valence-corrected chi connectivity index (χ4v) is 2.79. The van der Waals surface area contributed by atoms with Crippen molar-refractivity contribution in [3.05, 3.63) is 71.4 Å². The fourth-order valence-electron chi connectivity index (χ4n) is 2.79. The molecule has 1 heterocycles. The summed E-state index contributed by atoms with van der Waals surface area (Å²) in [4.78, 5) is 11.8. The van der Waals surface area contributed by atoms with Gasteiger partial charge in [0.1, 0.15) is 5.82 Å². The van der Waals surface area contributed by atoms with Crippen LogP contribution in [0, 0.1) is 0 Å². The number of carbonyl (C=O) groups excluding carboxylic acids is 1. The number of benzene rings is 2. The highest BCUT2D eigenvalue weighted by molar-refractivity contribution is 5.99. The van der Waals surface area contributed by atoms with Crippen LogP contribution in [-0.4, -0.2) is 15.7 Å². The lowest BCUT2D eigenvalue weighted by molar-refractivity contribution is 0.100. The van der Waals surface area contributed by atoms with Gasteiger partial charge in [0.2, 0.25) is 0 Å². The smallest absolute Gasteiger partial charge is 0.250 e. The summed E-state index contributed by atoms with van der Waals surface area (Å²) >= 11 is 0. The van der Waals surface area contributed by atoms with Crippen molar-refractivity contribution in [3.63, 3.8) is 0 Å². The van der Waals surface area contributed by atoms with Crippen molar-refractivity contribution in [2.45, 2.75) is 32.7 Å². The highest BCUT2D eigenvalue weighted by atomic mass is 16.1. The Balaban J connectivity index is 2.11. The first kappa shape index (κ1) is 18.7. The van der Waals surface area contributed by atoms with Crippen molar-refractivity contribution in [1.29, 1.82) is 0 Å². The average molecular weight is 363 g/mol. The van der Waals surface area contributed by atoms with Crippen LogP contribution >= 0.6 is 0 Å². The van der Waals surface area contributed by atoms with Crippen molar-refractivity contribution in [1.82, 2.24) is 9.78 Å². The topological polar surface area (TPSA) is 99.0 Å². The molecule has 140 valence electrons. The molecule has 6 nitrogen and oxygen atoms in total. The predicted octanol–water partition coefficient (Wildman–Crippen LogP) is 3.47. The Hall–Kier alpha value is -3.12. The van der Waals surface area contributed by atoms with Gasteiger partial charge in [0, 0.05) is 18.0 Å². The van der Waals surface area contributed by atoms with Gasteiger partial charge in [-0.15, -0.1) is 0 Å². The van der Waals surface area contributed by atoms with Crippen LogP contribution < -0.4 is 16.8 Å². The number of nitrogens with two attached hydrogens (primary N) is 2. The summed E-state index contributed by atoms with van der Waals surface area (Å²) in [6.45, 7) is 6.78. The maximum Gasteiger partial charge on any atom is 0.250 e. The number of primary amides is 1. The van der Waals surface area contributed by atoms with E-state index >= 15 is 0 Å². The van der Waals surface area contributed by atoms with Crippen LogP contribution in [0.3, 0.4) is 0 Å². The highest BCUT2D eigenvalue weighted by Gasteiger charge is 2.21. The Bertz CT molecular complexity index is 969. The molecular weight excluding hydrogens is 338 g/mol. The van der Waals surface area contributed by atoms with E-state index in [2.05, 4.69) is 26.1 Å². The number of nitrogens with one attached hydrogen (secondary N) is 1. The number of hydrogen-bond donors (Lipinski definition) is 3. The van der Waals surface area contributed by atoms with E-state index < -0.39 is 5.91 Å². The lowest BCUT2D eigenvalue weighted by Crippen LogP contribution is -2.14. The number of carbonyl (C=O) groups is 1. The Morgan fingerprint density at radius 3 is 2.52 bits per heavy atom. The van der Waals surface area contributed by atoms with Gasteiger partial charge in [-0.3, -0.25) is 4.79 Å². The molecular formula is C21H25N5O. The second-order valence-corrected chi connectivity index (χ2v) is 7.49. The van der Waals surface area contributed by atoms with Gasteiger partial charge in [-0.05, 0) is 29.8 Å². The predicted molar refractivity (Wildman–Crippen MR) is 108 cm³/mol. The molecule has 0 saturated heterocycles. The Kier molecular flexibility index (Phi) is 5.01. The summed E-state index contributed by atoms with van der Waals surface area (Å²) in [5.74, 6) is 0.271. The first-order chi connectivity index (χ1) is 12.8. The summed E-state index contributed by atoms with van der Waals surface area (Å²) < 4.78 is 1.83. The number of para-hydroxylation sites is 1. The highest BCUT2D eigenvalue weighted by Crippen LogP contribution is 2.29. The molecule has 3 rings (SSSR count). The van der Waals surface area contributed by atoms with E-state index in [0.29, 0.717) is 17.8 Å². The molecule has 6 heteroatoms. The first-order valence-electron chi connectivity index (χ1n) is 8.85. The minimum atomic E-state index is -0.481. The number of aromatic nitrogens is 2. The van der Waals surface area contributed by atoms with Crippen molar-refractivity contribution in [2.24, 2.45) is 11.5 Å². The zero-order valence-corrected chi connectivity index (χ0v) is 15.9. The third kappa shape index (κ3) is 4.01. The zero-order valence-electron chi connectivity index (χ0n) is 15.9. The molecule has 0 aliphatic rings. The number of rotatable bonds is 5. The maximum absolute atomic E-state index is 11.8. The van der Waals surface area contributed by atoms with E-state index in [1.54, 1.807) is 12.1 Å². The monoisotopic (exact) mass is 363 g/mol. The third-order valence-corrected chi connectivity index (χ3v) is 4.32. The van der Waals surface area contributed by atoms with E-state index in [-0.39, 0.29) is 5.41 Å². The molecule has 0 radical (unpaired) electrons. The van der Waals surface area contributed by atoms with Crippen LogP contribution in [0.5, 0.6) is 0 Å². The summed E-state index contributed by atoms with van der Waals surface area (Å²) in [6.07, 6.45) is 0. The molecule has 1 amide bonds. The molecule has 0 bridgehead atoms. The third-order valence-electron chi connectivity index (χ3n) is 4.32. The van der Waals surface area contributed by atoms with Gasteiger partial charge in [0.15, 0.2) is 0 Å². The summed E-state index contributed by atoms with van der Waals surface area (Å²) in [5, 5.41) is 8.11. The number of nitrogens with zero attached hydrogens (tertiary/aromatic N) is 2. The molecule has 1 aromatic heterocycles. The van der Waals surface area contributed by atoms with E-state index in [9.17, 15) is 4.79 Å². The molecule has 0 aliphatic carbocycles. The van der Waals surface area contributed by atoms with Crippen molar-refractivity contribution in [2.75, 3.05) is 5.32 Å². The van der Waals surface area contributed by atoms with Crippen LogP contribution in [-0.2, 0) is 12.0 Å². The molecule has 3 aromatic rings. The SMILES string of the molecule is CC(C)(C)c1cc(Nc2ccccc2C(N)=O)n(-c2cccc(CN)c2)n1. The summed E-state index contributed by atoms with van der Waals surface area (Å²) in [7, 11) is 0. The van der Waals surface area contributed by atoms with E-state index in [0.717, 1.165) is 22.8 Å². The second kappa shape index (κ2) is 7.25. The molecule has 0 spiro atoms. The zero-order chi connectivity index (χ0) is 19.6. The molecule has 5 N–H and O–H groups in total. The van der Waals surface area contributed by atoms with Crippen LogP contribution in [0.1, 0.15) is 42.4 Å². The van der Waals surface area contributed by atoms with Gasteiger partial charge in [-0.1, -0.05) is 45.0 Å². The normalized spacial score (nSPS) is 11.4. The number of amides is 1. The minimum Gasteiger partial charge on any atom is -0.366 e. The Morgan fingerprint density at radius 1 is 1.11 bits per heavy atom. The van der Waals surface area contributed by atoms with E-state index in [1.807, 2.05) is 47.1 Å². The van der Waals surface area contributed by atoms with E-state index in [1.165, 1.54) is 0 Å². The maximum atomic E-state index is 11.8. The fraction of sp³-hybridized carbons (Fsp3) is 0.238. The molecule has 0 fully saturated rings. The molecule has 0 aliphatic heterocycles. The van der Waals surface area contributed by atoms with Crippen molar-refractivity contribution < 1.29 is 4.79 Å². The van der Waals surface area contributed by atoms with E-state index in [4.69, 9.17) is 16.6 Å². The quantitative estimate of drug-likeness (QED) is 0.646. The second-order valence-electron chi connectivity index (χ2n) is 7.49. The first-order valence-corrected chi connectivity index (χ1v) is 8.85. The van der Waals surface area contributed by atoms with Gasteiger partial charge in [0.25, 0.3) is 5.91 Å². The van der Waals surface area contributed by atoms with Gasteiger partial charge in [-0.25, -0.2) is 4.68 Å². The molecule has 0 unspecified atom stereocenters. The van der Waals surface area contributed by atoms with Gasteiger partial charge in [-0.2, -0.15) is 5.10 Å². The molecule has 0 saturated carbocycles. The molecule has 27 heavy (non-hydrogen) atoms. The Morgan fingerprint density at radius 2 is 1.85 bits per heavy atom. The van der Waals surface area contributed by atoms with Crippen LogP contribution in [0.2, 0.25) is 0 Å². The van der Waals surface area contributed by atoms with Crippen LogP contribution in [0.25, 0.3) is 5.69 Å². The van der Waals surface area contributed by atoms with Crippen molar-refractivity contribution >= 4 is 17.4 Å². The largest absolute Gasteiger partial charge is 0.366 e. The van der Waals surface area contributed by atoms with Gasteiger partial charge >= 0.3 is 0 Å². The molecule has 0 atom stereocenters.